The number of carbonyl (C=O) groups excluding carboxylic acids is 1. The molecule has 1 atom stereocenters. The van der Waals surface area contributed by atoms with Crippen molar-refractivity contribution >= 4 is 5.91 Å². The smallest absolute Gasteiger partial charge is 0.229 e. The number of pyridine rings is 1. The van der Waals surface area contributed by atoms with Crippen LogP contribution in [0.2, 0.25) is 0 Å². The first-order valence-corrected chi connectivity index (χ1v) is 9.76. The second-order valence-electron chi connectivity index (χ2n) is 7.51. The van der Waals surface area contributed by atoms with Crippen molar-refractivity contribution in [2.24, 2.45) is 0 Å². The Hall–Kier alpha value is -3.02. The van der Waals surface area contributed by atoms with Gasteiger partial charge in [0.25, 0.3) is 0 Å². The van der Waals surface area contributed by atoms with E-state index in [4.69, 9.17) is 0 Å². The molecule has 0 saturated heterocycles. The fourth-order valence-electron chi connectivity index (χ4n) is 3.84. The molecular weight excluding hydrogens is 350 g/mol. The Morgan fingerprint density at radius 2 is 1.96 bits per heavy atom. The molecule has 0 bridgehead atoms. The van der Waals surface area contributed by atoms with Crippen LogP contribution in [0.5, 0.6) is 0 Å². The summed E-state index contributed by atoms with van der Waals surface area (Å²) in [5.74, 6) is 1.95. The van der Waals surface area contributed by atoms with E-state index in [1.165, 1.54) is 5.56 Å². The minimum absolute atomic E-state index is 0.0880. The maximum Gasteiger partial charge on any atom is 0.229 e. The monoisotopic (exact) mass is 375 g/mol. The average molecular weight is 375 g/mol. The van der Waals surface area contributed by atoms with Gasteiger partial charge in [0.1, 0.15) is 5.82 Å². The Kier molecular flexibility index (Phi) is 5.19. The molecule has 0 unspecified atom stereocenters. The first-order chi connectivity index (χ1) is 13.6. The van der Waals surface area contributed by atoms with Crippen molar-refractivity contribution < 1.29 is 4.79 Å². The number of aryl methyl sites for hydroxylation is 3. The van der Waals surface area contributed by atoms with Gasteiger partial charge in [-0.2, -0.15) is 0 Å². The third kappa shape index (κ3) is 3.96. The van der Waals surface area contributed by atoms with Gasteiger partial charge in [0.2, 0.25) is 5.91 Å². The highest BCUT2D eigenvalue weighted by atomic mass is 16.2. The average Bonchev–Trinajstić information content (AvgIpc) is 3.11. The van der Waals surface area contributed by atoms with E-state index < -0.39 is 0 Å². The van der Waals surface area contributed by atoms with Gasteiger partial charge in [0.15, 0.2) is 5.82 Å². The third-order valence-corrected chi connectivity index (χ3v) is 5.23. The van der Waals surface area contributed by atoms with Crippen molar-refractivity contribution in [3.63, 3.8) is 0 Å². The fourth-order valence-corrected chi connectivity index (χ4v) is 3.84. The molecule has 0 aliphatic carbocycles. The number of hydrogen-bond acceptors (Lipinski definition) is 4. The number of fused-ring (bicyclic) bond motifs is 1. The summed E-state index contributed by atoms with van der Waals surface area (Å²) < 4.78 is 2.21. The molecule has 0 N–H and O–H groups in total. The molecule has 3 aromatic rings. The number of hydrogen-bond donors (Lipinski definition) is 0. The zero-order valence-corrected chi connectivity index (χ0v) is 16.4. The molecule has 6 heteroatoms. The van der Waals surface area contributed by atoms with Crippen LogP contribution >= 0.6 is 0 Å². The Labute approximate surface area is 165 Å². The van der Waals surface area contributed by atoms with E-state index in [9.17, 15) is 4.79 Å². The summed E-state index contributed by atoms with van der Waals surface area (Å²) in [6.45, 7) is 5.32. The van der Waals surface area contributed by atoms with Crippen LogP contribution in [0.4, 0.5) is 0 Å². The van der Waals surface area contributed by atoms with Crippen LogP contribution in [0.1, 0.15) is 41.4 Å². The zero-order valence-electron chi connectivity index (χ0n) is 16.4. The van der Waals surface area contributed by atoms with Crippen LogP contribution in [-0.4, -0.2) is 37.1 Å². The van der Waals surface area contributed by atoms with Crippen LogP contribution < -0.4 is 0 Å². The Bertz CT molecular complexity index is 966. The molecular formula is C22H25N5O. The highest BCUT2D eigenvalue weighted by Crippen LogP contribution is 2.23. The largest absolute Gasteiger partial charge is 0.333 e. The predicted octanol–water partition coefficient (Wildman–Crippen LogP) is 2.91. The summed E-state index contributed by atoms with van der Waals surface area (Å²) in [5, 5.41) is 8.79. The first kappa shape index (κ1) is 18.3. The molecule has 3 heterocycles. The highest BCUT2D eigenvalue weighted by Gasteiger charge is 2.29. The summed E-state index contributed by atoms with van der Waals surface area (Å²) >= 11 is 0. The van der Waals surface area contributed by atoms with E-state index in [-0.39, 0.29) is 11.9 Å². The Morgan fingerprint density at radius 1 is 1.14 bits per heavy atom. The molecule has 1 aliphatic rings. The lowest BCUT2D eigenvalue weighted by Crippen LogP contribution is -2.41. The van der Waals surface area contributed by atoms with E-state index in [0.29, 0.717) is 19.5 Å². The molecule has 1 aromatic carbocycles. The van der Waals surface area contributed by atoms with E-state index in [1.807, 2.05) is 30.0 Å². The first-order valence-electron chi connectivity index (χ1n) is 9.76. The van der Waals surface area contributed by atoms with Gasteiger partial charge in [0, 0.05) is 24.9 Å². The zero-order chi connectivity index (χ0) is 19.5. The minimum Gasteiger partial charge on any atom is -0.333 e. The van der Waals surface area contributed by atoms with Crippen LogP contribution in [0, 0.1) is 6.92 Å². The van der Waals surface area contributed by atoms with Crippen molar-refractivity contribution in [2.75, 3.05) is 6.54 Å². The highest BCUT2D eigenvalue weighted by molar-refractivity contribution is 5.78. The van der Waals surface area contributed by atoms with E-state index >= 15 is 0 Å². The summed E-state index contributed by atoms with van der Waals surface area (Å²) in [6, 6.07) is 14.5. The molecule has 1 amide bonds. The van der Waals surface area contributed by atoms with E-state index in [0.717, 1.165) is 35.7 Å². The van der Waals surface area contributed by atoms with Gasteiger partial charge >= 0.3 is 0 Å². The SMILES string of the molecule is Cc1ccnc(CC(=O)N2Cc3nnc(CCc4ccccc4)n3[C@@H](C)C2)c1. The normalized spacial score (nSPS) is 16.1. The number of nitrogens with zero attached hydrogens (tertiary/aromatic N) is 5. The van der Waals surface area contributed by atoms with E-state index in [1.54, 1.807) is 6.20 Å². The number of aromatic nitrogens is 4. The number of benzene rings is 1. The number of rotatable bonds is 5. The molecule has 1 aliphatic heterocycles. The van der Waals surface area contributed by atoms with Crippen molar-refractivity contribution in [1.82, 2.24) is 24.6 Å². The molecule has 4 rings (SSSR count). The van der Waals surface area contributed by atoms with Gasteiger partial charge in [-0.15, -0.1) is 10.2 Å². The molecule has 6 nitrogen and oxygen atoms in total. The summed E-state index contributed by atoms with van der Waals surface area (Å²) in [6.07, 6.45) is 3.87. The standard InChI is InChI=1S/C22H25N5O/c1-16-10-11-23-19(12-16)13-22(28)26-14-17(2)27-20(24-25-21(27)15-26)9-8-18-6-4-3-5-7-18/h3-7,10-12,17H,8-9,13-15H2,1-2H3/t17-/m0/s1. The maximum absolute atomic E-state index is 12.8. The van der Waals surface area contributed by atoms with Gasteiger partial charge in [0.05, 0.1) is 19.0 Å². The predicted molar refractivity (Wildman–Crippen MR) is 107 cm³/mol. The minimum atomic E-state index is 0.0880. The Balaban J connectivity index is 1.44. The maximum atomic E-state index is 12.8. The molecule has 28 heavy (non-hydrogen) atoms. The number of carbonyl (C=O) groups is 1. The number of amides is 1. The topological polar surface area (TPSA) is 63.9 Å². The van der Waals surface area contributed by atoms with Gasteiger partial charge < -0.3 is 9.47 Å². The third-order valence-electron chi connectivity index (χ3n) is 5.23. The Morgan fingerprint density at radius 3 is 2.75 bits per heavy atom. The van der Waals surface area contributed by atoms with Gasteiger partial charge in [-0.05, 0) is 43.5 Å². The van der Waals surface area contributed by atoms with Crippen LogP contribution in [0.25, 0.3) is 0 Å². The quantitative estimate of drug-likeness (QED) is 0.688. The van der Waals surface area contributed by atoms with Gasteiger partial charge in [-0.1, -0.05) is 30.3 Å². The lowest BCUT2D eigenvalue weighted by atomic mass is 10.1. The van der Waals surface area contributed by atoms with Crippen molar-refractivity contribution in [1.29, 1.82) is 0 Å². The van der Waals surface area contributed by atoms with Gasteiger partial charge in [-0.25, -0.2) is 0 Å². The van der Waals surface area contributed by atoms with Crippen LogP contribution in [-0.2, 0) is 30.6 Å². The lowest BCUT2D eigenvalue weighted by molar-refractivity contribution is -0.132. The van der Waals surface area contributed by atoms with Gasteiger partial charge in [-0.3, -0.25) is 9.78 Å². The summed E-state index contributed by atoms with van der Waals surface area (Å²) in [5.41, 5.74) is 3.23. The summed E-state index contributed by atoms with van der Waals surface area (Å²) in [4.78, 5) is 19.0. The lowest BCUT2D eigenvalue weighted by Gasteiger charge is -2.32. The molecule has 0 saturated carbocycles. The molecule has 0 fully saturated rings. The van der Waals surface area contributed by atoms with Crippen molar-refractivity contribution in [3.8, 4) is 0 Å². The molecule has 2 aromatic heterocycles. The van der Waals surface area contributed by atoms with E-state index in [2.05, 4.69) is 50.9 Å². The van der Waals surface area contributed by atoms with Crippen LogP contribution in [0.3, 0.4) is 0 Å². The fraction of sp³-hybridized carbons (Fsp3) is 0.364. The second kappa shape index (κ2) is 7.92. The second-order valence-corrected chi connectivity index (χ2v) is 7.51. The van der Waals surface area contributed by atoms with Crippen molar-refractivity contribution in [2.45, 2.75) is 45.7 Å². The van der Waals surface area contributed by atoms with Crippen molar-refractivity contribution in [3.05, 3.63) is 77.1 Å². The molecule has 144 valence electrons. The molecule has 0 spiro atoms. The van der Waals surface area contributed by atoms with Crippen LogP contribution in [0.15, 0.2) is 48.7 Å². The summed E-state index contributed by atoms with van der Waals surface area (Å²) in [7, 11) is 0. The molecule has 0 radical (unpaired) electrons.